The van der Waals surface area contributed by atoms with Gasteiger partial charge in [-0.25, -0.2) is 0 Å². The first kappa shape index (κ1) is 17.5. The molecule has 25 heavy (non-hydrogen) atoms. The van der Waals surface area contributed by atoms with Crippen molar-refractivity contribution in [1.29, 1.82) is 0 Å². The summed E-state index contributed by atoms with van der Waals surface area (Å²) < 4.78 is 6.09. The lowest BCUT2D eigenvalue weighted by Crippen LogP contribution is -2.39. The van der Waals surface area contributed by atoms with Gasteiger partial charge in [-0.05, 0) is 31.5 Å². The number of ether oxygens (including phenoxy) is 1. The first-order chi connectivity index (χ1) is 11.9. The van der Waals surface area contributed by atoms with Crippen LogP contribution in [0.4, 0.5) is 0 Å². The molecule has 0 bridgehead atoms. The van der Waals surface area contributed by atoms with Crippen LogP contribution in [0.3, 0.4) is 0 Å². The van der Waals surface area contributed by atoms with Crippen LogP contribution in [0.1, 0.15) is 47.8 Å². The number of carbonyl (C=O) groups excluding carboxylic acids is 1. The zero-order chi connectivity index (χ0) is 18.0. The van der Waals surface area contributed by atoms with Gasteiger partial charge < -0.3 is 15.0 Å². The van der Waals surface area contributed by atoms with E-state index in [-0.39, 0.29) is 17.6 Å². The summed E-state index contributed by atoms with van der Waals surface area (Å²) in [6, 6.07) is 16.2. The first-order valence-electron chi connectivity index (χ1n) is 8.68. The van der Waals surface area contributed by atoms with E-state index in [4.69, 9.17) is 4.74 Å². The average molecular weight is 338 g/mol. The topological polar surface area (TPSA) is 41.6 Å². The molecule has 4 nitrogen and oxygen atoms in total. The Morgan fingerprint density at radius 1 is 1.16 bits per heavy atom. The lowest BCUT2D eigenvalue weighted by atomic mass is 9.89. The maximum absolute atomic E-state index is 12.4. The van der Waals surface area contributed by atoms with E-state index >= 15 is 0 Å². The fraction of sp³-hybridized carbons (Fsp3) is 0.381. The summed E-state index contributed by atoms with van der Waals surface area (Å²) >= 11 is 0. The number of rotatable bonds is 4. The van der Waals surface area contributed by atoms with Gasteiger partial charge in [-0.15, -0.1) is 0 Å². The van der Waals surface area contributed by atoms with Crippen molar-refractivity contribution in [2.24, 2.45) is 0 Å². The third-order valence-corrected chi connectivity index (χ3v) is 4.57. The molecule has 1 aliphatic rings. The molecular formula is C21H26N2O2. The van der Waals surface area contributed by atoms with Crippen LogP contribution in [-0.2, 0) is 6.54 Å². The minimum absolute atomic E-state index is 0.0325. The molecule has 1 atom stereocenters. The molecule has 1 N–H and O–H groups in total. The second-order valence-corrected chi connectivity index (χ2v) is 7.39. The van der Waals surface area contributed by atoms with Crippen molar-refractivity contribution in [3.05, 3.63) is 65.2 Å². The highest BCUT2D eigenvalue weighted by Gasteiger charge is 2.33. The van der Waals surface area contributed by atoms with Gasteiger partial charge in [-0.3, -0.25) is 4.79 Å². The summed E-state index contributed by atoms with van der Waals surface area (Å²) in [6.45, 7) is 4.87. The third kappa shape index (κ3) is 3.85. The van der Waals surface area contributed by atoms with E-state index in [2.05, 4.69) is 25.2 Å². The maximum Gasteiger partial charge on any atom is 0.253 e. The molecule has 2 aromatic rings. The van der Waals surface area contributed by atoms with E-state index in [0.717, 1.165) is 23.3 Å². The number of hydrogen-bond donors (Lipinski definition) is 1. The van der Waals surface area contributed by atoms with Crippen molar-refractivity contribution < 1.29 is 9.53 Å². The summed E-state index contributed by atoms with van der Waals surface area (Å²) in [5.74, 6) is 0.971. The molecular weight excluding hydrogens is 312 g/mol. The minimum atomic E-state index is -0.217. The molecule has 1 amide bonds. The fourth-order valence-corrected chi connectivity index (χ4v) is 3.34. The molecule has 0 saturated carbocycles. The van der Waals surface area contributed by atoms with Crippen LogP contribution in [0.2, 0.25) is 0 Å². The van der Waals surface area contributed by atoms with E-state index in [1.165, 1.54) is 5.56 Å². The fourth-order valence-electron chi connectivity index (χ4n) is 3.34. The van der Waals surface area contributed by atoms with E-state index in [0.29, 0.717) is 6.54 Å². The summed E-state index contributed by atoms with van der Waals surface area (Å²) in [4.78, 5) is 14.0. The summed E-state index contributed by atoms with van der Waals surface area (Å²) in [6.07, 6.45) is 0.883. The van der Waals surface area contributed by atoms with Crippen molar-refractivity contribution in [2.75, 3.05) is 14.1 Å². The predicted octanol–water partition coefficient (Wildman–Crippen LogP) is 3.78. The zero-order valence-electron chi connectivity index (χ0n) is 15.4. The molecule has 1 aliphatic heterocycles. The Labute approximate surface area is 149 Å². The van der Waals surface area contributed by atoms with Crippen LogP contribution in [-0.4, -0.2) is 30.5 Å². The van der Waals surface area contributed by atoms with Crippen LogP contribution < -0.4 is 10.1 Å². The van der Waals surface area contributed by atoms with Crippen LogP contribution in [0.25, 0.3) is 0 Å². The van der Waals surface area contributed by atoms with E-state index in [1.807, 2.05) is 42.5 Å². The van der Waals surface area contributed by atoms with Gasteiger partial charge in [0.2, 0.25) is 0 Å². The molecule has 0 radical (unpaired) electrons. The van der Waals surface area contributed by atoms with Crippen LogP contribution in [0.5, 0.6) is 5.75 Å². The Bertz CT molecular complexity index is 768. The highest BCUT2D eigenvalue weighted by molar-refractivity contribution is 5.95. The molecule has 0 saturated heterocycles. The van der Waals surface area contributed by atoms with Gasteiger partial charge in [0.25, 0.3) is 5.91 Å². The summed E-state index contributed by atoms with van der Waals surface area (Å²) in [7, 11) is 3.56. The second kappa shape index (κ2) is 6.89. The standard InChI is InChI=1S/C21H26N2O2/c1-21(2)13-18(17-11-7-8-12-19(17)25-21)22-14-15-9-5-6-10-16(15)20(24)23(3)4/h5-12,18,22H,13-14H2,1-4H3. The Morgan fingerprint density at radius 3 is 2.60 bits per heavy atom. The molecule has 1 unspecified atom stereocenters. The normalized spacial score (nSPS) is 18.2. The Kier molecular flexibility index (Phi) is 4.82. The molecule has 4 heteroatoms. The lowest BCUT2D eigenvalue weighted by Gasteiger charge is -2.38. The number of carbonyl (C=O) groups is 1. The number of amides is 1. The molecule has 0 fully saturated rings. The predicted molar refractivity (Wildman–Crippen MR) is 99.8 cm³/mol. The second-order valence-electron chi connectivity index (χ2n) is 7.39. The van der Waals surface area contributed by atoms with Gasteiger partial charge in [0.05, 0.1) is 0 Å². The van der Waals surface area contributed by atoms with Crippen molar-refractivity contribution in [3.63, 3.8) is 0 Å². The number of nitrogens with one attached hydrogen (secondary N) is 1. The van der Waals surface area contributed by atoms with Crippen molar-refractivity contribution in [3.8, 4) is 5.75 Å². The minimum Gasteiger partial charge on any atom is -0.487 e. The number of fused-ring (bicyclic) bond motifs is 1. The highest BCUT2D eigenvalue weighted by Crippen LogP contribution is 2.39. The Balaban J connectivity index is 1.82. The highest BCUT2D eigenvalue weighted by atomic mass is 16.5. The van der Waals surface area contributed by atoms with Gasteiger partial charge in [0.1, 0.15) is 11.4 Å². The molecule has 0 aromatic heterocycles. The number of nitrogens with zero attached hydrogens (tertiary/aromatic N) is 1. The smallest absolute Gasteiger partial charge is 0.253 e. The summed E-state index contributed by atoms with van der Waals surface area (Å²) in [5, 5.41) is 3.63. The van der Waals surface area contributed by atoms with Gasteiger partial charge in [0.15, 0.2) is 0 Å². The SMILES string of the molecule is CN(C)C(=O)c1ccccc1CNC1CC(C)(C)Oc2ccccc21. The lowest BCUT2D eigenvalue weighted by molar-refractivity contribution is 0.0656. The first-order valence-corrected chi connectivity index (χ1v) is 8.68. The molecule has 132 valence electrons. The average Bonchev–Trinajstić information content (AvgIpc) is 2.58. The number of para-hydroxylation sites is 1. The van der Waals surface area contributed by atoms with E-state index in [1.54, 1.807) is 19.0 Å². The van der Waals surface area contributed by atoms with Crippen molar-refractivity contribution in [1.82, 2.24) is 10.2 Å². The van der Waals surface area contributed by atoms with Crippen LogP contribution in [0.15, 0.2) is 48.5 Å². The van der Waals surface area contributed by atoms with Crippen LogP contribution >= 0.6 is 0 Å². The van der Waals surface area contributed by atoms with Gasteiger partial charge in [-0.1, -0.05) is 36.4 Å². The zero-order valence-corrected chi connectivity index (χ0v) is 15.4. The molecule has 1 heterocycles. The largest absolute Gasteiger partial charge is 0.487 e. The summed E-state index contributed by atoms with van der Waals surface area (Å²) in [5.41, 5.74) is 2.73. The number of hydrogen-bond acceptors (Lipinski definition) is 3. The van der Waals surface area contributed by atoms with Gasteiger partial charge >= 0.3 is 0 Å². The monoisotopic (exact) mass is 338 g/mol. The van der Waals surface area contributed by atoms with Crippen molar-refractivity contribution in [2.45, 2.75) is 38.5 Å². The molecule has 3 rings (SSSR count). The maximum atomic E-state index is 12.4. The number of benzene rings is 2. The Hall–Kier alpha value is -2.33. The third-order valence-electron chi connectivity index (χ3n) is 4.57. The van der Waals surface area contributed by atoms with Crippen LogP contribution in [0, 0.1) is 0 Å². The quantitative estimate of drug-likeness (QED) is 0.922. The Morgan fingerprint density at radius 2 is 1.84 bits per heavy atom. The van der Waals surface area contributed by atoms with E-state index in [9.17, 15) is 4.79 Å². The molecule has 0 spiro atoms. The van der Waals surface area contributed by atoms with Crippen molar-refractivity contribution >= 4 is 5.91 Å². The van der Waals surface area contributed by atoms with E-state index < -0.39 is 0 Å². The van der Waals surface area contributed by atoms with Gasteiger partial charge in [0, 0.05) is 44.2 Å². The molecule has 2 aromatic carbocycles. The van der Waals surface area contributed by atoms with Gasteiger partial charge in [-0.2, -0.15) is 0 Å². The molecule has 0 aliphatic carbocycles.